The molecular formula is C19H23N3OS. The van der Waals surface area contributed by atoms with Gasteiger partial charge in [0.2, 0.25) is 5.91 Å². The van der Waals surface area contributed by atoms with E-state index in [0.29, 0.717) is 18.4 Å². The topological polar surface area (TPSA) is 59.2 Å². The SMILES string of the molecule is NCC1CCN(C(=O)C2CC=CCC2c2nc3ccccc3s2)C1. The summed E-state index contributed by atoms with van der Waals surface area (Å²) in [5, 5.41) is 1.11. The number of aromatic nitrogens is 1. The van der Waals surface area contributed by atoms with Crippen molar-refractivity contribution in [2.45, 2.75) is 25.2 Å². The molecule has 2 aromatic rings. The smallest absolute Gasteiger partial charge is 0.226 e. The molecular weight excluding hydrogens is 318 g/mol. The average molecular weight is 341 g/mol. The molecule has 4 nitrogen and oxygen atoms in total. The minimum Gasteiger partial charge on any atom is -0.342 e. The molecule has 1 saturated heterocycles. The second kappa shape index (κ2) is 6.65. The van der Waals surface area contributed by atoms with E-state index in [9.17, 15) is 4.79 Å². The van der Waals surface area contributed by atoms with Crippen LogP contribution < -0.4 is 5.73 Å². The van der Waals surface area contributed by atoms with Crippen LogP contribution >= 0.6 is 11.3 Å². The Morgan fingerprint density at radius 2 is 2.12 bits per heavy atom. The first-order chi connectivity index (χ1) is 11.8. The van der Waals surface area contributed by atoms with E-state index in [1.807, 2.05) is 17.0 Å². The van der Waals surface area contributed by atoms with Crippen molar-refractivity contribution in [2.24, 2.45) is 17.6 Å². The van der Waals surface area contributed by atoms with Gasteiger partial charge in [0.05, 0.1) is 21.1 Å². The van der Waals surface area contributed by atoms with Crippen LogP contribution in [0.1, 0.15) is 30.2 Å². The fraction of sp³-hybridized carbons (Fsp3) is 0.474. The molecule has 1 aliphatic carbocycles. The van der Waals surface area contributed by atoms with Crippen molar-refractivity contribution in [2.75, 3.05) is 19.6 Å². The number of hydrogen-bond acceptors (Lipinski definition) is 4. The number of amides is 1. The van der Waals surface area contributed by atoms with Gasteiger partial charge in [-0.3, -0.25) is 4.79 Å². The van der Waals surface area contributed by atoms with Crippen molar-refractivity contribution in [3.05, 3.63) is 41.4 Å². The molecule has 5 heteroatoms. The van der Waals surface area contributed by atoms with Crippen molar-refractivity contribution in [3.63, 3.8) is 0 Å². The zero-order valence-corrected chi connectivity index (χ0v) is 14.5. The molecule has 0 saturated carbocycles. The van der Waals surface area contributed by atoms with Crippen molar-refractivity contribution < 1.29 is 4.79 Å². The Hall–Kier alpha value is -1.72. The lowest BCUT2D eigenvalue weighted by Gasteiger charge is -2.30. The Balaban J connectivity index is 1.59. The molecule has 2 heterocycles. The number of benzene rings is 1. The van der Waals surface area contributed by atoms with Gasteiger partial charge in [-0.15, -0.1) is 11.3 Å². The first-order valence-corrected chi connectivity index (χ1v) is 9.57. The number of thiazole rings is 1. The molecule has 3 unspecified atom stereocenters. The van der Waals surface area contributed by atoms with E-state index in [-0.39, 0.29) is 11.8 Å². The summed E-state index contributed by atoms with van der Waals surface area (Å²) in [5.41, 5.74) is 6.82. The molecule has 0 bridgehead atoms. The van der Waals surface area contributed by atoms with Crippen LogP contribution in [-0.2, 0) is 4.79 Å². The quantitative estimate of drug-likeness (QED) is 0.873. The van der Waals surface area contributed by atoms with Gasteiger partial charge < -0.3 is 10.6 Å². The number of likely N-dealkylation sites (tertiary alicyclic amines) is 1. The maximum Gasteiger partial charge on any atom is 0.226 e. The Morgan fingerprint density at radius 1 is 1.29 bits per heavy atom. The van der Waals surface area contributed by atoms with E-state index in [1.54, 1.807) is 11.3 Å². The standard InChI is InChI=1S/C19H23N3OS/c20-11-13-9-10-22(12-13)19(23)15-6-2-1-5-14(15)18-21-16-7-3-4-8-17(16)24-18/h1-4,7-8,13-15H,5-6,9-12,20H2. The lowest BCUT2D eigenvalue weighted by atomic mass is 9.82. The summed E-state index contributed by atoms with van der Waals surface area (Å²) in [5.74, 6) is 0.984. The zero-order chi connectivity index (χ0) is 16.5. The van der Waals surface area contributed by atoms with Gasteiger partial charge in [0.1, 0.15) is 0 Å². The highest BCUT2D eigenvalue weighted by atomic mass is 32.1. The summed E-state index contributed by atoms with van der Waals surface area (Å²) < 4.78 is 1.21. The number of para-hydroxylation sites is 1. The van der Waals surface area contributed by atoms with Gasteiger partial charge in [-0.25, -0.2) is 4.98 Å². The van der Waals surface area contributed by atoms with Crippen LogP contribution in [0.25, 0.3) is 10.2 Å². The molecule has 24 heavy (non-hydrogen) atoms. The highest BCUT2D eigenvalue weighted by molar-refractivity contribution is 7.18. The number of fused-ring (bicyclic) bond motifs is 1. The van der Waals surface area contributed by atoms with Gasteiger partial charge in [-0.2, -0.15) is 0 Å². The first-order valence-electron chi connectivity index (χ1n) is 8.75. The third-order valence-electron chi connectivity index (χ3n) is 5.31. The molecule has 1 fully saturated rings. The summed E-state index contributed by atoms with van der Waals surface area (Å²) >= 11 is 1.74. The fourth-order valence-corrected chi connectivity index (χ4v) is 5.01. The van der Waals surface area contributed by atoms with Crippen molar-refractivity contribution in [1.29, 1.82) is 0 Å². The molecule has 2 aliphatic rings. The minimum atomic E-state index is 0.0205. The summed E-state index contributed by atoms with van der Waals surface area (Å²) in [7, 11) is 0. The van der Waals surface area contributed by atoms with Crippen molar-refractivity contribution in [3.8, 4) is 0 Å². The van der Waals surface area contributed by atoms with Gasteiger partial charge in [0, 0.05) is 19.0 Å². The van der Waals surface area contributed by atoms with Gasteiger partial charge in [0.15, 0.2) is 0 Å². The van der Waals surface area contributed by atoms with E-state index >= 15 is 0 Å². The number of carbonyl (C=O) groups excluding carboxylic acids is 1. The number of carbonyl (C=O) groups is 1. The van der Waals surface area contributed by atoms with Crippen LogP contribution in [0.5, 0.6) is 0 Å². The van der Waals surface area contributed by atoms with E-state index < -0.39 is 0 Å². The highest BCUT2D eigenvalue weighted by Gasteiger charge is 2.37. The highest BCUT2D eigenvalue weighted by Crippen LogP contribution is 2.39. The van der Waals surface area contributed by atoms with Gasteiger partial charge in [0.25, 0.3) is 0 Å². The van der Waals surface area contributed by atoms with Crippen LogP contribution in [0.4, 0.5) is 0 Å². The third-order valence-corrected chi connectivity index (χ3v) is 6.48. The Labute approximate surface area is 146 Å². The monoisotopic (exact) mass is 341 g/mol. The predicted molar refractivity (Wildman–Crippen MR) is 98.0 cm³/mol. The Morgan fingerprint density at radius 3 is 2.92 bits per heavy atom. The van der Waals surface area contributed by atoms with E-state index in [1.165, 1.54) is 4.70 Å². The summed E-state index contributed by atoms with van der Waals surface area (Å²) in [4.78, 5) is 19.9. The van der Waals surface area contributed by atoms with Crippen molar-refractivity contribution in [1.82, 2.24) is 9.88 Å². The molecule has 4 rings (SSSR count). The van der Waals surface area contributed by atoms with Crippen LogP contribution in [0, 0.1) is 11.8 Å². The van der Waals surface area contributed by atoms with Crippen molar-refractivity contribution >= 4 is 27.5 Å². The molecule has 126 valence electrons. The Kier molecular flexibility index (Phi) is 4.37. The molecule has 3 atom stereocenters. The molecule has 0 radical (unpaired) electrons. The second-order valence-corrected chi connectivity index (χ2v) is 7.91. The van der Waals surface area contributed by atoms with Crippen LogP contribution in [0.3, 0.4) is 0 Å². The third kappa shape index (κ3) is 2.87. The van der Waals surface area contributed by atoms with E-state index in [2.05, 4.69) is 24.3 Å². The van der Waals surface area contributed by atoms with Crippen LogP contribution in [-0.4, -0.2) is 35.4 Å². The molecule has 1 amide bonds. The largest absolute Gasteiger partial charge is 0.342 e. The first kappa shape index (κ1) is 15.8. The minimum absolute atomic E-state index is 0.0205. The fourth-order valence-electron chi connectivity index (χ4n) is 3.87. The predicted octanol–water partition coefficient (Wildman–Crippen LogP) is 3.15. The van der Waals surface area contributed by atoms with Crippen LogP contribution in [0.2, 0.25) is 0 Å². The number of rotatable bonds is 3. The number of allylic oxidation sites excluding steroid dienone is 2. The second-order valence-electron chi connectivity index (χ2n) is 6.85. The van der Waals surface area contributed by atoms with Gasteiger partial charge in [-0.1, -0.05) is 24.3 Å². The molecule has 1 aliphatic heterocycles. The summed E-state index contributed by atoms with van der Waals surface area (Å²) in [6, 6.07) is 8.23. The van der Waals surface area contributed by atoms with E-state index in [4.69, 9.17) is 10.7 Å². The maximum absolute atomic E-state index is 13.1. The van der Waals surface area contributed by atoms with Crippen LogP contribution in [0.15, 0.2) is 36.4 Å². The van der Waals surface area contributed by atoms with E-state index in [0.717, 1.165) is 42.9 Å². The number of nitrogens with two attached hydrogens (primary N) is 1. The molecule has 2 N–H and O–H groups in total. The van der Waals surface area contributed by atoms with Gasteiger partial charge in [-0.05, 0) is 43.9 Å². The lowest BCUT2D eigenvalue weighted by Crippen LogP contribution is -2.38. The normalized spacial score (nSPS) is 27.0. The zero-order valence-electron chi connectivity index (χ0n) is 13.7. The molecule has 1 aromatic heterocycles. The Bertz CT molecular complexity index is 736. The molecule has 0 spiro atoms. The number of hydrogen-bond donors (Lipinski definition) is 1. The summed E-state index contributed by atoms with van der Waals surface area (Å²) in [6.45, 7) is 2.35. The van der Waals surface area contributed by atoms with Gasteiger partial charge >= 0.3 is 0 Å². The maximum atomic E-state index is 13.1. The number of nitrogens with zero attached hydrogens (tertiary/aromatic N) is 2. The summed E-state index contributed by atoms with van der Waals surface area (Å²) in [6.07, 6.45) is 7.13. The molecule has 1 aromatic carbocycles. The lowest BCUT2D eigenvalue weighted by molar-refractivity contribution is -0.135. The average Bonchev–Trinajstić information content (AvgIpc) is 3.27.